The highest BCUT2D eigenvalue weighted by molar-refractivity contribution is 6.30. The Morgan fingerprint density at radius 3 is 2.23 bits per heavy atom. The van der Waals surface area contributed by atoms with Crippen molar-refractivity contribution in [2.24, 2.45) is 0 Å². The predicted molar refractivity (Wildman–Crippen MR) is 90.9 cm³/mol. The molecule has 1 aromatic carbocycles. The summed E-state index contributed by atoms with van der Waals surface area (Å²) in [6.07, 6.45) is 1.75. The highest BCUT2D eigenvalue weighted by Gasteiger charge is 2.14. The molecule has 0 spiro atoms. The second-order valence-corrected chi connectivity index (χ2v) is 6.91. The molecule has 118 valence electrons. The molecule has 0 aliphatic heterocycles. The van der Waals surface area contributed by atoms with Crippen LogP contribution in [0.25, 0.3) is 0 Å². The van der Waals surface area contributed by atoms with E-state index in [-0.39, 0.29) is 5.41 Å². The first kappa shape index (κ1) is 16.8. The van der Waals surface area contributed by atoms with Gasteiger partial charge in [0.2, 0.25) is 5.88 Å². The Morgan fingerprint density at radius 1 is 1.05 bits per heavy atom. The van der Waals surface area contributed by atoms with Crippen molar-refractivity contribution in [1.29, 1.82) is 0 Å². The first-order valence-electron chi connectivity index (χ1n) is 7.48. The fraction of sp³-hybridized carbons (Fsp3) is 0.444. The van der Waals surface area contributed by atoms with Crippen LogP contribution in [0.2, 0.25) is 5.15 Å². The minimum atomic E-state index is 0.181. The molecule has 3 nitrogen and oxygen atoms in total. The van der Waals surface area contributed by atoms with Gasteiger partial charge in [-0.2, -0.15) is 0 Å². The SMILES string of the molecule is COc1nnc(Cl)c(C)c1CCc1ccc(C(C)(C)C)cc1. The quantitative estimate of drug-likeness (QED) is 0.830. The maximum absolute atomic E-state index is 6.07. The molecule has 22 heavy (non-hydrogen) atoms. The summed E-state index contributed by atoms with van der Waals surface area (Å²) >= 11 is 6.07. The number of ether oxygens (including phenoxy) is 1. The molecular formula is C18H23ClN2O. The minimum Gasteiger partial charge on any atom is -0.480 e. The first-order valence-corrected chi connectivity index (χ1v) is 7.86. The van der Waals surface area contributed by atoms with Crippen LogP contribution in [0.15, 0.2) is 24.3 Å². The minimum absolute atomic E-state index is 0.181. The number of benzene rings is 1. The summed E-state index contributed by atoms with van der Waals surface area (Å²) in [4.78, 5) is 0. The summed E-state index contributed by atoms with van der Waals surface area (Å²) in [5.41, 5.74) is 4.80. The summed E-state index contributed by atoms with van der Waals surface area (Å²) in [5, 5.41) is 8.35. The molecule has 0 atom stereocenters. The molecule has 2 rings (SSSR count). The molecule has 1 heterocycles. The van der Waals surface area contributed by atoms with Crippen molar-refractivity contribution in [2.45, 2.75) is 46.0 Å². The van der Waals surface area contributed by atoms with Gasteiger partial charge in [0, 0.05) is 5.56 Å². The molecule has 2 aromatic rings. The van der Waals surface area contributed by atoms with Crippen molar-refractivity contribution in [3.63, 3.8) is 0 Å². The first-order chi connectivity index (χ1) is 10.3. The fourth-order valence-electron chi connectivity index (χ4n) is 2.41. The predicted octanol–water partition coefficient (Wildman–Crippen LogP) is 4.53. The van der Waals surface area contributed by atoms with Crippen LogP contribution in [0.4, 0.5) is 0 Å². The molecule has 0 bridgehead atoms. The smallest absolute Gasteiger partial charge is 0.236 e. The number of nitrogens with zero attached hydrogens (tertiary/aromatic N) is 2. The van der Waals surface area contributed by atoms with Crippen LogP contribution in [0.5, 0.6) is 5.88 Å². The van der Waals surface area contributed by atoms with E-state index in [1.54, 1.807) is 7.11 Å². The number of halogens is 1. The van der Waals surface area contributed by atoms with Crippen molar-refractivity contribution in [1.82, 2.24) is 10.2 Å². The Morgan fingerprint density at radius 2 is 1.68 bits per heavy atom. The van der Waals surface area contributed by atoms with Crippen LogP contribution in [0.3, 0.4) is 0 Å². The Labute approximate surface area is 137 Å². The second-order valence-electron chi connectivity index (χ2n) is 6.55. The van der Waals surface area contributed by atoms with Crippen LogP contribution in [0.1, 0.15) is 43.0 Å². The van der Waals surface area contributed by atoms with Gasteiger partial charge in [-0.3, -0.25) is 0 Å². The number of hydrogen-bond acceptors (Lipinski definition) is 3. The monoisotopic (exact) mass is 318 g/mol. The topological polar surface area (TPSA) is 35.0 Å². The van der Waals surface area contributed by atoms with Crippen LogP contribution < -0.4 is 4.74 Å². The zero-order valence-electron chi connectivity index (χ0n) is 13.9. The molecule has 4 heteroatoms. The summed E-state index contributed by atoms with van der Waals surface area (Å²) in [6, 6.07) is 8.80. The lowest BCUT2D eigenvalue weighted by Gasteiger charge is -2.19. The Bertz CT molecular complexity index is 645. The third-order valence-corrected chi connectivity index (χ3v) is 4.28. The lowest BCUT2D eigenvalue weighted by Crippen LogP contribution is -2.10. The third-order valence-electron chi connectivity index (χ3n) is 3.93. The van der Waals surface area contributed by atoms with E-state index in [9.17, 15) is 0 Å². The van der Waals surface area contributed by atoms with Crippen molar-refractivity contribution >= 4 is 11.6 Å². The molecule has 0 aliphatic carbocycles. The molecular weight excluding hydrogens is 296 g/mol. The van der Waals surface area contributed by atoms with E-state index in [1.807, 2.05) is 6.92 Å². The van der Waals surface area contributed by atoms with Gasteiger partial charge in [0.05, 0.1) is 7.11 Å². The summed E-state index contributed by atoms with van der Waals surface area (Å²) in [5.74, 6) is 0.563. The van der Waals surface area contributed by atoms with Crippen molar-refractivity contribution in [3.8, 4) is 5.88 Å². The van der Waals surface area contributed by atoms with Crippen molar-refractivity contribution in [3.05, 3.63) is 51.7 Å². The molecule has 0 N–H and O–H groups in total. The Kier molecular flexibility index (Phi) is 5.07. The van der Waals surface area contributed by atoms with Crippen LogP contribution in [-0.4, -0.2) is 17.3 Å². The van der Waals surface area contributed by atoms with E-state index in [2.05, 4.69) is 55.2 Å². The van der Waals surface area contributed by atoms with Gasteiger partial charge < -0.3 is 4.74 Å². The highest BCUT2D eigenvalue weighted by atomic mass is 35.5. The molecule has 0 fully saturated rings. The normalized spacial score (nSPS) is 11.5. The van der Waals surface area contributed by atoms with Gasteiger partial charge in [0.15, 0.2) is 5.15 Å². The van der Waals surface area contributed by atoms with Gasteiger partial charge in [0.25, 0.3) is 0 Å². The average Bonchev–Trinajstić information content (AvgIpc) is 2.48. The van der Waals surface area contributed by atoms with Gasteiger partial charge in [-0.05, 0) is 41.9 Å². The summed E-state index contributed by atoms with van der Waals surface area (Å²) in [6.45, 7) is 8.63. The molecule has 1 aromatic heterocycles. The third kappa shape index (κ3) is 3.77. The maximum Gasteiger partial charge on any atom is 0.236 e. The number of aromatic nitrogens is 2. The second kappa shape index (κ2) is 6.66. The standard InChI is InChI=1S/C18H23ClN2O/c1-12-15(17(22-5)21-20-16(12)19)11-8-13-6-9-14(10-7-13)18(2,3)4/h6-7,9-10H,8,11H2,1-5H3. The number of aryl methyl sites for hydroxylation is 1. The average molecular weight is 319 g/mol. The number of methoxy groups -OCH3 is 1. The van der Waals surface area contributed by atoms with Crippen LogP contribution in [-0.2, 0) is 18.3 Å². The Balaban J connectivity index is 2.15. The van der Waals surface area contributed by atoms with E-state index in [1.165, 1.54) is 11.1 Å². The fourth-order valence-corrected chi connectivity index (χ4v) is 2.56. The lowest BCUT2D eigenvalue weighted by atomic mass is 9.86. The summed E-state index contributed by atoms with van der Waals surface area (Å²) in [7, 11) is 1.61. The van der Waals surface area contributed by atoms with Gasteiger partial charge >= 0.3 is 0 Å². The summed E-state index contributed by atoms with van der Waals surface area (Å²) < 4.78 is 5.30. The Hall–Kier alpha value is -1.61. The van der Waals surface area contributed by atoms with Crippen molar-refractivity contribution < 1.29 is 4.74 Å². The van der Waals surface area contributed by atoms with Crippen molar-refractivity contribution in [2.75, 3.05) is 7.11 Å². The zero-order valence-corrected chi connectivity index (χ0v) is 14.7. The number of rotatable bonds is 4. The molecule has 0 unspecified atom stereocenters. The molecule has 0 aliphatic rings. The van der Waals surface area contributed by atoms with E-state index in [0.717, 1.165) is 24.0 Å². The van der Waals surface area contributed by atoms with Gasteiger partial charge in [-0.1, -0.05) is 56.6 Å². The van der Waals surface area contributed by atoms with E-state index >= 15 is 0 Å². The van der Waals surface area contributed by atoms with Gasteiger partial charge in [-0.25, -0.2) is 0 Å². The van der Waals surface area contributed by atoms with Gasteiger partial charge in [-0.15, -0.1) is 10.2 Å². The molecule has 0 radical (unpaired) electrons. The van der Waals surface area contributed by atoms with Gasteiger partial charge in [0.1, 0.15) is 0 Å². The van der Waals surface area contributed by atoms with E-state index < -0.39 is 0 Å². The number of hydrogen-bond donors (Lipinski definition) is 0. The van der Waals surface area contributed by atoms with E-state index in [0.29, 0.717) is 11.0 Å². The van der Waals surface area contributed by atoms with Crippen LogP contribution in [0, 0.1) is 6.92 Å². The molecule has 0 saturated carbocycles. The largest absolute Gasteiger partial charge is 0.480 e. The maximum atomic E-state index is 6.07. The molecule has 0 saturated heterocycles. The molecule has 0 amide bonds. The lowest BCUT2D eigenvalue weighted by molar-refractivity contribution is 0.385. The highest BCUT2D eigenvalue weighted by Crippen LogP contribution is 2.26. The van der Waals surface area contributed by atoms with E-state index in [4.69, 9.17) is 16.3 Å². The zero-order chi connectivity index (χ0) is 16.3. The van der Waals surface area contributed by atoms with Crippen LogP contribution >= 0.6 is 11.6 Å².